The van der Waals surface area contributed by atoms with Gasteiger partial charge in [0.05, 0.1) is 39.4 Å². The SMILES string of the molecule is COc1ccc(-c2ncc3c(ncn3C)n2)c(OC)c1OC. The van der Waals surface area contributed by atoms with Crippen molar-refractivity contribution in [1.29, 1.82) is 0 Å². The first-order valence-corrected chi connectivity index (χ1v) is 6.63. The maximum absolute atomic E-state index is 5.47. The molecule has 114 valence electrons. The average molecular weight is 300 g/mol. The van der Waals surface area contributed by atoms with Crippen molar-refractivity contribution < 1.29 is 14.2 Å². The lowest BCUT2D eigenvalue weighted by molar-refractivity contribution is 0.325. The lowest BCUT2D eigenvalue weighted by atomic mass is 10.1. The third-order valence-corrected chi connectivity index (χ3v) is 3.43. The van der Waals surface area contributed by atoms with Crippen molar-refractivity contribution in [3.8, 4) is 28.6 Å². The van der Waals surface area contributed by atoms with Crippen LogP contribution in [-0.4, -0.2) is 40.8 Å². The van der Waals surface area contributed by atoms with E-state index in [9.17, 15) is 0 Å². The van der Waals surface area contributed by atoms with Crippen LogP contribution >= 0.6 is 0 Å². The van der Waals surface area contributed by atoms with E-state index >= 15 is 0 Å². The van der Waals surface area contributed by atoms with Gasteiger partial charge in [0.1, 0.15) is 5.52 Å². The van der Waals surface area contributed by atoms with E-state index in [1.54, 1.807) is 39.9 Å². The molecular weight excluding hydrogens is 284 g/mol. The van der Waals surface area contributed by atoms with Gasteiger partial charge in [-0.15, -0.1) is 0 Å². The fourth-order valence-electron chi connectivity index (χ4n) is 2.32. The van der Waals surface area contributed by atoms with E-state index in [1.165, 1.54) is 0 Å². The molecule has 0 bridgehead atoms. The number of fused-ring (bicyclic) bond motifs is 1. The molecule has 0 N–H and O–H groups in total. The van der Waals surface area contributed by atoms with Crippen molar-refractivity contribution >= 4 is 11.2 Å². The highest BCUT2D eigenvalue weighted by molar-refractivity contribution is 5.77. The molecule has 7 heteroatoms. The second-order valence-electron chi connectivity index (χ2n) is 4.64. The molecule has 3 aromatic rings. The molecule has 0 unspecified atom stereocenters. The van der Waals surface area contributed by atoms with Gasteiger partial charge in [0.15, 0.2) is 23.0 Å². The zero-order valence-electron chi connectivity index (χ0n) is 12.8. The number of imidazole rings is 1. The number of hydrogen-bond acceptors (Lipinski definition) is 6. The summed E-state index contributed by atoms with van der Waals surface area (Å²) >= 11 is 0. The summed E-state index contributed by atoms with van der Waals surface area (Å²) in [6, 6.07) is 3.63. The summed E-state index contributed by atoms with van der Waals surface area (Å²) in [4.78, 5) is 13.1. The first-order chi connectivity index (χ1) is 10.7. The summed E-state index contributed by atoms with van der Waals surface area (Å²) in [6.45, 7) is 0. The van der Waals surface area contributed by atoms with Gasteiger partial charge in [-0.2, -0.15) is 0 Å². The Morgan fingerprint density at radius 3 is 2.41 bits per heavy atom. The number of rotatable bonds is 4. The molecule has 0 radical (unpaired) electrons. The van der Waals surface area contributed by atoms with Crippen molar-refractivity contribution in [2.75, 3.05) is 21.3 Å². The normalized spacial score (nSPS) is 10.7. The minimum absolute atomic E-state index is 0.507. The first-order valence-electron chi connectivity index (χ1n) is 6.63. The number of aromatic nitrogens is 4. The molecule has 0 saturated carbocycles. The highest BCUT2D eigenvalue weighted by Gasteiger charge is 2.19. The zero-order chi connectivity index (χ0) is 15.7. The van der Waals surface area contributed by atoms with Gasteiger partial charge in [-0.05, 0) is 12.1 Å². The Morgan fingerprint density at radius 2 is 1.73 bits per heavy atom. The topological polar surface area (TPSA) is 71.3 Å². The number of nitrogens with zero attached hydrogens (tertiary/aromatic N) is 4. The molecule has 0 aliphatic heterocycles. The van der Waals surface area contributed by atoms with Crippen LogP contribution in [0.15, 0.2) is 24.7 Å². The molecule has 2 heterocycles. The van der Waals surface area contributed by atoms with Gasteiger partial charge in [-0.25, -0.2) is 15.0 Å². The van der Waals surface area contributed by atoms with Crippen molar-refractivity contribution in [1.82, 2.24) is 19.5 Å². The van der Waals surface area contributed by atoms with Gasteiger partial charge >= 0.3 is 0 Å². The fraction of sp³-hybridized carbons (Fsp3) is 0.267. The highest BCUT2D eigenvalue weighted by atomic mass is 16.5. The van der Waals surface area contributed by atoms with Crippen LogP contribution in [0.3, 0.4) is 0 Å². The Balaban J connectivity index is 2.20. The maximum atomic E-state index is 5.47. The molecule has 0 saturated heterocycles. The summed E-state index contributed by atoms with van der Waals surface area (Å²) in [5.74, 6) is 2.13. The minimum Gasteiger partial charge on any atom is -0.493 e. The molecular formula is C15H16N4O3. The quantitative estimate of drug-likeness (QED) is 0.734. The van der Waals surface area contributed by atoms with Gasteiger partial charge in [-0.3, -0.25) is 0 Å². The second-order valence-corrected chi connectivity index (χ2v) is 4.64. The van der Waals surface area contributed by atoms with E-state index in [1.807, 2.05) is 17.7 Å². The standard InChI is InChI=1S/C15H16N4O3/c1-19-8-17-15-10(19)7-16-14(18-15)9-5-6-11(20-2)13(22-4)12(9)21-3/h5-8H,1-4H3. The van der Waals surface area contributed by atoms with Crippen molar-refractivity contribution in [3.63, 3.8) is 0 Å². The van der Waals surface area contributed by atoms with E-state index in [4.69, 9.17) is 14.2 Å². The molecule has 0 spiro atoms. The molecule has 2 aromatic heterocycles. The Morgan fingerprint density at radius 1 is 0.955 bits per heavy atom. The van der Waals surface area contributed by atoms with Crippen LogP contribution in [0.5, 0.6) is 17.2 Å². The second kappa shape index (κ2) is 5.51. The number of methoxy groups -OCH3 is 3. The highest BCUT2D eigenvalue weighted by Crippen LogP contribution is 2.43. The van der Waals surface area contributed by atoms with E-state index < -0.39 is 0 Å². The molecule has 0 atom stereocenters. The van der Waals surface area contributed by atoms with E-state index in [0.29, 0.717) is 34.3 Å². The van der Waals surface area contributed by atoms with Gasteiger partial charge in [0.2, 0.25) is 5.75 Å². The Kier molecular flexibility index (Phi) is 3.54. The average Bonchev–Trinajstić information content (AvgIpc) is 2.93. The first kappa shape index (κ1) is 14.1. The molecule has 22 heavy (non-hydrogen) atoms. The smallest absolute Gasteiger partial charge is 0.204 e. The predicted octanol–water partition coefficient (Wildman–Crippen LogP) is 2.06. The summed E-state index contributed by atoms with van der Waals surface area (Å²) < 4.78 is 18.0. The number of hydrogen-bond donors (Lipinski definition) is 0. The maximum Gasteiger partial charge on any atom is 0.204 e. The van der Waals surface area contributed by atoms with Crippen LogP contribution < -0.4 is 14.2 Å². The third-order valence-electron chi connectivity index (χ3n) is 3.43. The van der Waals surface area contributed by atoms with Crippen LogP contribution in [0.1, 0.15) is 0 Å². The van der Waals surface area contributed by atoms with Gasteiger partial charge in [0.25, 0.3) is 0 Å². The van der Waals surface area contributed by atoms with Gasteiger partial charge in [-0.1, -0.05) is 0 Å². The molecule has 0 aliphatic carbocycles. The Labute approximate surface area is 127 Å². The van der Waals surface area contributed by atoms with Crippen LogP contribution in [0.2, 0.25) is 0 Å². The van der Waals surface area contributed by atoms with Crippen LogP contribution in [0.4, 0.5) is 0 Å². The number of benzene rings is 1. The third kappa shape index (κ3) is 2.11. The number of aryl methyl sites for hydroxylation is 1. The van der Waals surface area contributed by atoms with Crippen molar-refractivity contribution in [3.05, 3.63) is 24.7 Å². The van der Waals surface area contributed by atoms with Gasteiger partial charge in [0, 0.05) is 7.05 Å². The fourth-order valence-corrected chi connectivity index (χ4v) is 2.32. The van der Waals surface area contributed by atoms with E-state index in [0.717, 1.165) is 5.52 Å². The summed E-state index contributed by atoms with van der Waals surface area (Å²) in [5, 5.41) is 0. The van der Waals surface area contributed by atoms with Crippen LogP contribution in [0, 0.1) is 0 Å². The number of ether oxygens (including phenoxy) is 3. The lowest BCUT2D eigenvalue weighted by Crippen LogP contribution is -1.99. The van der Waals surface area contributed by atoms with E-state index in [-0.39, 0.29) is 0 Å². The molecule has 0 fully saturated rings. The summed E-state index contributed by atoms with van der Waals surface area (Å²) in [5.41, 5.74) is 2.21. The largest absolute Gasteiger partial charge is 0.493 e. The van der Waals surface area contributed by atoms with Crippen LogP contribution in [0.25, 0.3) is 22.6 Å². The molecule has 0 aliphatic rings. The van der Waals surface area contributed by atoms with Crippen molar-refractivity contribution in [2.45, 2.75) is 0 Å². The van der Waals surface area contributed by atoms with Crippen LogP contribution in [-0.2, 0) is 7.05 Å². The summed E-state index contributed by atoms with van der Waals surface area (Å²) in [7, 11) is 6.61. The van der Waals surface area contributed by atoms with Gasteiger partial charge < -0.3 is 18.8 Å². The molecule has 7 nitrogen and oxygen atoms in total. The van der Waals surface area contributed by atoms with E-state index in [2.05, 4.69) is 15.0 Å². The summed E-state index contributed by atoms with van der Waals surface area (Å²) in [6.07, 6.45) is 3.44. The molecule has 1 aromatic carbocycles. The Hall–Kier alpha value is -2.83. The minimum atomic E-state index is 0.507. The zero-order valence-corrected chi connectivity index (χ0v) is 12.8. The predicted molar refractivity (Wildman–Crippen MR) is 81.4 cm³/mol. The van der Waals surface area contributed by atoms with Crippen molar-refractivity contribution in [2.24, 2.45) is 7.05 Å². The molecule has 0 amide bonds. The monoisotopic (exact) mass is 300 g/mol. The molecule has 3 rings (SSSR count). The lowest BCUT2D eigenvalue weighted by Gasteiger charge is -2.14. The Bertz CT molecular complexity index is 829.